The second-order valence-electron chi connectivity index (χ2n) is 5.80. The predicted octanol–water partition coefficient (Wildman–Crippen LogP) is 3.52. The number of para-hydroxylation sites is 1. The molecule has 0 aliphatic carbocycles. The third-order valence-corrected chi connectivity index (χ3v) is 4.76. The standard InChI is InChI=1S/C18H17N5O3S/c1-12-8-9-14(10-16(12)23(25)26)19-17(24)11-27-18-21-20-13(2)22(18)15-6-4-3-5-7-15/h3-10H,11H2,1-2H3,(H,19,24). The van der Waals surface area contributed by atoms with Crippen molar-refractivity contribution in [2.75, 3.05) is 11.1 Å². The van der Waals surface area contributed by atoms with Crippen LogP contribution in [-0.2, 0) is 4.79 Å². The zero-order valence-corrected chi connectivity index (χ0v) is 15.6. The normalized spacial score (nSPS) is 10.6. The molecular weight excluding hydrogens is 366 g/mol. The van der Waals surface area contributed by atoms with E-state index in [2.05, 4.69) is 15.5 Å². The fourth-order valence-corrected chi connectivity index (χ4v) is 3.32. The molecular formula is C18H17N5O3S. The summed E-state index contributed by atoms with van der Waals surface area (Å²) in [6.45, 7) is 3.49. The van der Waals surface area contributed by atoms with Gasteiger partial charge in [-0.15, -0.1) is 10.2 Å². The lowest BCUT2D eigenvalue weighted by Crippen LogP contribution is -2.14. The first-order valence-electron chi connectivity index (χ1n) is 8.11. The van der Waals surface area contributed by atoms with E-state index in [1.165, 1.54) is 17.8 Å². The highest BCUT2D eigenvalue weighted by molar-refractivity contribution is 7.99. The quantitative estimate of drug-likeness (QED) is 0.397. The van der Waals surface area contributed by atoms with Crippen molar-refractivity contribution < 1.29 is 9.72 Å². The number of benzene rings is 2. The number of hydrogen-bond acceptors (Lipinski definition) is 6. The molecule has 8 nitrogen and oxygen atoms in total. The third kappa shape index (κ3) is 4.32. The number of anilines is 1. The molecule has 0 bridgehead atoms. The fourth-order valence-electron chi connectivity index (χ4n) is 2.52. The van der Waals surface area contributed by atoms with Gasteiger partial charge in [0.15, 0.2) is 5.16 Å². The lowest BCUT2D eigenvalue weighted by Gasteiger charge is -2.09. The van der Waals surface area contributed by atoms with Crippen LogP contribution in [0.4, 0.5) is 11.4 Å². The average Bonchev–Trinajstić information content (AvgIpc) is 3.02. The number of carbonyl (C=O) groups is 1. The van der Waals surface area contributed by atoms with Crippen molar-refractivity contribution in [2.45, 2.75) is 19.0 Å². The number of hydrogen-bond donors (Lipinski definition) is 1. The first-order valence-corrected chi connectivity index (χ1v) is 9.09. The van der Waals surface area contributed by atoms with Crippen molar-refractivity contribution >= 4 is 29.0 Å². The van der Waals surface area contributed by atoms with E-state index in [4.69, 9.17) is 0 Å². The number of rotatable bonds is 6. The van der Waals surface area contributed by atoms with Crippen LogP contribution < -0.4 is 5.32 Å². The fraction of sp³-hybridized carbons (Fsp3) is 0.167. The van der Waals surface area contributed by atoms with Crippen LogP contribution in [0.5, 0.6) is 0 Å². The van der Waals surface area contributed by atoms with Crippen LogP contribution in [-0.4, -0.2) is 31.3 Å². The number of aromatic nitrogens is 3. The van der Waals surface area contributed by atoms with Crippen LogP contribution in [0.2, 0.25) is 0 Å². The summed E-state index contributed by atoms with van der Waals surface area (Å²) in [5.41, 5.74) is 1.81. The summed E-state index contributed by atoms with van der Waals surface area (Å²) < 4.78 is 1.87. The summed E-state index contributed by atoms with van der Waals surface area (Å²) in [4.78, 5) is 22.8. The second-order valence-corrected chi connectivity index (χ2v) is 6.74. The van der Waals surface area contributed by atoms with Crippen LogP contribution in [0.25, 0.3) is 5.69 Å². The molecule has 1 N–H and O–H groups in total. The molecule has 0 saturated heterocycles. The molecule has 2 aromatic carbocycles. The second kappa shape index (κ2) is 8.00. The zero-order chi connectivity index (χ0) is 19.4. The van der Waals surface area contributed by atoms with Crippen LogP contribution in [0.15, 0.2) is 53.7 Å². The van der Waals surface area contributed by atoms with Crippen molar-refractivity contribution in [3.05, 3.63) is 70.0 Å². The van der Waals surface area contributed by atoms with Crippen LogP contribution in [0.1, 0.15) is 11.4 Å². The van der Waals surface area contributed by atoms with E-state index in [0.717, 1.165) is 11.5 Å². The van der Waals surface area contributed by atoms with Crippen LogP contribution in [0.3, 0.4) is 0 Å². The number of nitro groups is 1. The Hall–Kier alpha value is -3.20. The minimum Gasteiger partial charge on any atom is -0.325 e. The molecule has 3 aromatic rings. The molecule has 0 aliphatic heterocycles. The first kappa shape index (κ1) is 18.6. The minimum absolute atomic E-state index is 0.0279. The largest absolute Gasteiger partial charge is 0.325 e. The molecule has 138 valence electrons. The van der Waals surface area contributed by atoms with Gasteiger partial charge >= 0.3 is 0 Å². The molecule has 0 aliphatic rings. The van der Waals surface area contributed by atoms with E-state index >= 15 is 0 Å². The molecule has 27 heavy (non-hydrogen) atoms. The Kier molecular flexibility index (Phi) is 5.51. The number of aryl methyl sites for hydroxylation is 2. The molecule has 3 rings (SSSR count). The Morgan fingerprint density at radius 2 is 1.93 bits per heavy atom. The Morgan fingerprint density at radius 3 is 2.63 bits per heavy atom. The summed E-state index contributed by atoms with van der Waals surface area (Å²) in [7, 11) is 0. The van der Waals surface area contributed by atoms with E-state index in [1.807, 2.05) is 41.8 Å². The first-order chi connectivity index (χ1) is 13.0. The molecule has 0 spiro atoms. The van der Waals surface area contributed by atoms with Gasteiger partial charge in [-0.2, -0.15) is 0 Å². The van der Waals surface area contributed by atoms with Gasteiger partial charge in [0, 0.05) is 23.0 Å². The Morgan fingerprint density at radius 1 is 1.19 bits per heavy atom. The molecule has 1 heterocycles. The predicted molar refractivity (Wildman–Crippen MR) is 103 cm³/mol. The minimum atomic E-state index is -0.467. The summed E-state index contributed by atoms with van der Waals surface area (Å²) in [6, 6.07) is 14.2. The van der Waals surface area contributed by atoms with E-state index in [1.54, 1.807) is 19.1 Å². The van der Waals surface area contributed by atoms with Gasteiger partial charge < -0.3 is 5.32 Å². The molecule has 1 aromatic heterocycles. The van der Waals surface area contributed by atoms with Gasteiger partial charge in [-0.3, -0.25) is 19.5 Å². The number of nitrogens with zero attached hydrogens (tertiary/aromatic N) is 4. The van der Waals surface area contributed by atoms with Crippen LogP contribution in [0, 0.1) is 24.0 Å². The Balaban J connectivity index is 1.69. The van der Waals surface area contributed by atoms with Gasteiger partial charge in [-0.25, -0.2) is 0 Å². The van der Waals surface area contributed by atoms with Gasteiger partial charge in [0.2, 0.25) is 5.91 Å². The van der Waals surface area contributed by atoms with E-state index in [-0.39, 0.29) is 17.3 Å². The van der Waals surface area contributed by atoms with Gasteiger partial charge in [0.1, 0.15) is 5.82 Å². The highest BCUT2D eigenvalue weighted by Gasteiger charge is 2.15. The van der Waals surface area contributed by atoms with Crippen molar-refractivity contribution in [1.82, 2.24) is 14.8 Å². The van der Waals surface area contributed by atoms with Crippen molar-refractivity contribution in [1.29, 1.82) is 0 Å². The maximum Gasteiger partial charge on any atom is 0.274 e. The molecule has 1 amide bonds. The molecule has 0 saturated carbocycles. The summed E-state index contributed by atoms with van der Waals surface area (Å²) in [6.07, 6.45) is 0. The van der Waals surface area contributed by atoms with Crippen LogP contribution >= 0.6 is 11.8 Å². The average molecular weight is 383 g/mol. The molecule has 0 radical (unpaired) electrons. The maximum atomic E-state index is 12.2. The maximum absolute atomic E-state index is 12.2. The number of nitrogens with one attached hydrogen (secondary N) is 1. The number of carbonyl (C=O) groups excluding carboxylic acids is 1. The lowest BCUT2D eigenvalue weighted by molar-refractivity contribution is -0.385. The highest BCUT2D eigenvalue weighted by Crippen LogP contribution is 2.24. The van der Waals surface area contributed by atoms with Gasteiger partial charge in [0.05, 0.1) is 10.7 Å². The molecule has 0 fully saturated rings. The van der Waals surface area contributed by atoms with E-state index in [0.29, 0.717) is 16.4 Å². The number of nitro benzene ring substituents is 1. The lowest BCUT2D eigenvalue weighted by atomic mass is 10.2. The van der Waals surface area contributed by atoms with Crippen molar-refractivity contribution in [2.24, 2.45) is 0 Å². The third-order valence-electron chi connectivity index (χ3n) is 3.83. The smallest absolute Gasteiger partial charge is 0.274 e. The monoisotopic (exact) mass is 383 g/mol. The van der Waals surface area contributed by atoms with Gasteiger partial charge in [-0.1, -0.05) is 36.0 Å². The highest BCUT2D eigenvalue weighted by atomic mass is 32.2. The zero-order valence-electron chi connectivity index (χ0n) is 14.7. The summed E-state index contributed by atoms with van der Waals surface area (Å²) in [5.74, 6) is 0.545. The number of thioether (sulfide) groups is 1. The van der Waals surface area contributed by atoms with Gasteiger partial charge in [0.25, 0.3) is 5.69 Å². The summed E-state index contributed by atoms with van der Waals surface area (Å²) in [5, 5.41) is 22.5. The molecule has 9 heteroatoms. The topological polar surface area (TPSA) is 103 Å². The Bertz CT molecular complexity index is 988. The molecule has 0 atom stereocenters. The summed E-state index contributed by atoms with van der Waals surface area (Å²) >= 11 is 1.25. The SMILES string of the molecule is Cc1ccc(NC(=O)CSc2nnc(C)n2-c2ccccc2)cc1[N+](=O)[O-]. The molecule has 0 unspecified atom stereocenters. The van der Waals surface area contributed by atoms with E-state index in [9.17, 15) is 14.9 Å². The Labute approximate surface area is 159 Å². The van der Waals surface area contributed by atoms with Crippen molar-refractivity contribution in [3.63, 3.8) is 0 Å². The van der Waals surface area contributed by atoms with Gasteiger partial charge in [-0.05, 0) is 32.0 Å². The van der Waals surface area contributed by atoms with E-state index < -0.39 is 4.92 Å². The van der Waals surface area contributed by atoms with Crippen molar-refractivity contribution in [3.8, 4) is 5.69 Å². The number of amides is 1.